The van der Waals surface area contributed by atoms with E-state index in [0.717, 1.165) is 28.6 Å². The van der Waals surface area contributed by atoms with Crippen LogP contribution < -0.4 is 21.8 Å². The van der Waals surface area contributed by atoms with Gasteiger partial charge < -0.3 is 16.2 Å². The number of nitrogens with two attached hydrogens (primary N) is 1. The zero-order valence-electron chi connectivity index (χ0n) is 25.3. The number of nitrogens with one attached hydrogen (secondary N) is 3. The quantitative estimate of drug-likeness (QED) is 0.262. The lowest BCUT2D eigenvalue weighted by Gasteiger charge is -2.36. The summed E-state index contributed by atoms with van der Waals surface area (Å²) in [7, 11) is 0. The molecule has 10 nitrogen and oxygen atoms in total. The van der Waals surface area contributed by atoms with E-state index < -0.39 is 35.7 Å². The molecule has 0 saturated carbocycles. The normalized spacial score (nSPS) is 18.5. The molecule has 6 N–H and O–H groups in total. The number of hydrogen-bond donors (Lipinski definition) is 5. The van der Waals surface area contributed by atoms with Gasteiger partial charge in [0.25, 0.3) is 5.91 Å². The summed E-state index contributed by atoms with van der Waals surface area (Å²) in [5.74, 6) is -1.21. The van der Waals surface area contributed by atoms with Gasteiger partial charge in [0.05, 0.1) is 23.0 Å². The summed E-state index contributed by atoms with van der Waals surface area (Å²) in [5.41, 5.74) is 11.5. The molecule has 0 radical (unpaired) electrons. The van der Waals surface area contributed by atoms with Crippen molar-refractivity contribution in [2.45, 2.75) is 92.1 Å². The molecule has 4 atom stereocenters. The molecule has 0 aliphatic carbocycles. The highest BCUT2D eigenvalue weighted by Crippen LogP contribution is 2.23. The van der Waals surface area contributed by atoms with Crippen molar-refractivity contribution < 1.29 is 19.5 Å². The van der Waals surface area contributed by atoms with E-state index in [4.69, 9.17) is 10.7 Å². The predicted molar refractivity (Wildman–Crippen MR) is 161 cm³/mol. The summed E-state index contributed by atoms with van der Waals surface area (Å²) in [6.07, 6.45) is 4.65. The van der Waals surface area contributed by atoms with Gasteiger partial charge in [0.15, 0.2) is 0 Å². The number of hydrogen-bond acceptors (Lipinski definition) is 7. The van der Waals surface area contributed by atoms with Crippen molar-refractivity contribution in [2.24, 2.45) is 17.1 Å². The lowest BCUT2D eigenvalue weighted by molar-refractivity contribution is -0.141. The minimum Gasteiger partial charge on any atom is -0.376 e. The summed E-state index contributed by atoms with van der Waals surface area (Å²) in [4.78, 5) is 42.7. The molecule has 41 heavy (non-hydrogen) atoms. The summed E-state index contributed by atoms with van der Waals surface area (Å²) in [5, 5.41) is 19.3. The van der Waals surface area contributed by atoms with Crippen LogP contribution in [0.3, 0.4) is 0 Å². The second kappa shape index (κ2) is 13.5. The van der Waals surface area contributed by atoms with Crippen LogP contribution >= 0.6 is 0 Å². The molecule has 10 heteroatoms. The number of fused-ring (bicyclic) bond motifs is 1. The number of carbonyl (C=O) groups excluding carboxylic acids is 3. The van der Waals surface area contributed by atoms with Gasteiger partial charge in [-0.2, -0.15) is 0 Å². The van der Waals surface area contributed by atoms with Gasteiger partial charge in [-0.1, -0.05) is 45.1 Å². The van der Waals surface area contributed by atoms with Crippen LogP contribution in [0, 0.1) is 18.3 Å². The van der Waals surface area contributed by atoms with E-state index in [9.17, 15) is 19.5 Å². The Bertz CT molecular complexity index is 1290. The number of rotatable bonds is 11. The Hall–Kier alpha value is -3.34. The van der Waals surface area contributed by atoms with Gasteiger partial charge in [0.2, 0.25) is 11.8 Å². The van der Waals surface area contributed by atoms with Gasteiger partial charge in [0, 0.05) is 17.6 Å². The van der Waals surface area contributed by atoms with E-state index in [2.05, 4.69) is 36.0 Å². The topological polar surface area (TPSA) is 150 Å². The molecule has 224 valence electrons. The number of primary amides is 1. The van der Waals surface area contributed by atoms with Crippen LogP contribution in [0.25, 0.3) is 17.0 Å². The molecule has 1 aliphatic heterocycles. The molecule has 1 aromatic carbocycles. The standard InChI is InChI=1S/C31H46N6O4/c1-8-23-19(4)16-22-12-11-21(17-25(22)34-23)13-14-31(6,7)30(41)35-26(18(2)3)28(39)33-20(5)29(40)37-15-9-10-24(36-37)27(32)38/h11-14,16-18,20,24,26,28,33,36,39H,8-10,15H2,1-7H3,(H2,32,38)(H,35,41)/b14-13+/t20-,24-,26?,28?/m0/s1. The highest BCUT2D eigenvalue weighted by Gasteiger charge is 2.34. The Kier molecular flexibility index (Phi) is 10.6. The molecule has 1 aliphatic rings. The first-order valence-electron chi connectivity index (χ1n) is 14.4. The van der Waals surface area contributed by atoms with Crippen molar-refractivity contribution in [1.29, 1.82) is 0 Å². The fraction of sp³-hybridized carbons (Fsp3) is 0.548. The van der Waals surface area contributed by atoms with E-state index >= 15 is 0 Å². The van der Waals surface area contributed by atoms with Gasteiger partial charge >= 0.3 is 0 Å². The number of hydrazine groups is 1. The number of pyridine rings is 1. The van der Waals surface area contributed by atoms with E-state index in [1.54, 1.807) is 6.92 Å². The van der Waals surface area contributed by atoms with E-state index in [1.165, 1.54) is 10.6 Å². The second-order valence-corrected chi connectivity index (χ2v) is 11.9. The van der Waals surface area contributed by atoms with Crippen LogP contribution in [0.15, 0.2) is 30.3 Å². The average Bonchev–Trinajstić information content (AvgIpc) is 2.93. The zero-order chi connectivity index (χ0) is 30.5. The minimum absolute atomic E-state index is 0.126. The maximum absolute atomic E-state index is 13.4. The Labute approximate surface area is 243 Å². The highest BCUT2D eigenvalue weighted by molar-refractivity contribution is 5.86. The SMILES string of the molecule is CCc1nc2cc(/C=C/C(C)(C)C(=O)NC(C(C)C)C(O)N[C@@H](C)C(=O)N3CCC[C@@H](C(N)=O)N3)ccc2cc1C. The second-order valence-electron chi connectivity index (χ2n) is 11.9. The van der Waals surface area contributed by atoms with Crippen LogP contribution in [0.4, 0.5) is 0 Å². The van der Waals surface area contributed by atoms with E-state index in [-0.39, 0.29) is 17.7 Å². The van der Waals surface area contributed by atoms with Crippen LogP contribution in [0.1, 0.15) is 71.2 Å². The molecular formula is C31H46N6O4. The lowest BCUT2D eigenvalue weighted by Crippen LogP contribution is -2.62. The molecule has 3 amide bonds. The maximum atomic E-state index is 13.4. The fourth-order valence-electron chi connectivity index (χ4n) is 4.93. The van der Waals surface area contributed by atoms with Crippen molar-refractivity contribution in [3.8, 4) is 0 Å². The number of amides is 3. The number of carbonyl (C=O) groups is 3. The third-order valence-corrected chi connectivity index (χ3v) is 7.69. The molecule has 2 aromatic rings. The summed E-state index contributed by atoms with van der Waals surface area (Å²) in [6.45, 7) is 13.6. The highest BCUT2D eigenvalue weighted by atomic mass is 16.3. The summed E-state index contributed by atoms with van der Waals surface area (Å²) in [6, 6.07) is 6.18. The molecule has 1 fully saturated rings. The monoisotopic (exact) mass is 566 g/mol. The van der Waals surface area contributed by atoms with Gasteiger partial charge in [-0.25, -0.2) is 5.43 Å². The Morgan fingerprint density at radius 3 is 2.59 bits per heavy atom. The molecule has 0 bridgehead atoms. The fourth-order valence-corrected chi connectivity index (χ4v) is 4.93. The van der Waals surface area contributed by atoms with Crippen molar-refractivity contribution in [2.75, 3.05) is 6.54 Å². The number of aliphatic hydroxyl groups is 1. The zero-order valence-corrected chi connectivity index (χ0v) is 25.3. The lowest BCUT2D eigenvalue weighted by atomic mass is 9.89. The number of nitrogens with zero attached hydrogens (tertiary/aromatic N) is 2. The number of aryl methyl sites for hydroxylation is 2. The van der Waals surface area contributed by atoms with Gasteiger partial charge in [-0.15, -0.1) is 0 Å². The van der Waals surface area contributed by atoms with Crippen LogP contribution in [0.5, 0.6) is 0 Å². The average molecular weight is 567 g/mol. The number of aliphatic hydroxyl groups excluding tert-OH is 1. The van der Waals surface area contributed by atoms with Crippen molar-refractivity contribution in [3.05, 3.63) is 47.2 Å². The van der Waals surface area contributed by atoms with Crippen LogP contribution in [0.2, 0.25) is 0 Å². The number of aromatic nitrogens is 1. The molecule has 2 heterocycles. The Morgan fingerprint density at radius 1 is 1.24 bits per heavy atom. The third kappa shape index (κ3) is 8.12. The maximum Gasteiger partial charge on any atom is 0.253 e. The van der Waals surface area contributed by atoms with Crippen molar-refractivity contribution in [1.82, 2.24) is 26.1 Å². The van der Waals surface area contributed by atoms with Crippen LogP contribution in [-0.4, -0.2) is 63.7 Å². The summed E-state index contributed by atoms with van der Waals surface area (Å²) >= 11 is 0. The van der Waals surface area contributed by atoms with Gasteiger partial charge in [0.1, 0.15) is 12.3 Å². The molecule has 1 aromatic heterocycles. The molecule has 0 spiro atoms. The number of benzene rings is 1. The minimum atomic E-state index is -1.18. The first-order valence-corrected chi connectivity index (χ1v) is 14.4. The third-order valence-electron chi connectivity index (χ3n) is 7.69. The molecule has 2 unspecified atom stereocenters. The van der Waals surface area contributed by atoms with Gasteiger partial charge in [-0.05, 0) is 76.1 Å². The van der Waals surface area contributed by atoms with E-state index in [0.29, 0.717) is 19.4 Å². The molecular weight excluding hydrogens is 520 g/mol. The van der Waals surface area contributed by atoms with Crippen molar-refractivity contribution >= 4 is 34.7 Å². The largest absolute Gasteiger partial charge is 0.376 e. The van der Waals surface area contributed by atoms with E-state index in [1.807, 2.05) is 58.0 Å². The van der Waals surface area contributed by atoms with Gasteiger partial charge in [-0.3, -0.25) is 29.7 Å². The first-order chi connectivity index (χ1) is 19.2. The Balaban J connectivity index is 1.66. The van der Waals surface area contributed by atoms with Crippen molar-refractivity contribution in [3.63, 3.8) is 0 Å². The Morgan fingerprint density at radius 2 is 1.95 bits per heavy atom. The predicted octanol–water partition coefficient (Wildman–Crippen LogP) is 2.56. The first kappa shape index (κ1) is 32.2. The molecule has 1 saturated heterocycles. The van der Waals surface area contributed by atoms with Crippen LogP contribution in [-0.2, 0) is 20.8 Å². The molecule has 3 rings (SSSR count). The summed E-state index contributed by atoms with van der Waals surface area (Å²) < 4.78 is 0. The smallest absolute Gasteiger partial charge is 0.253 e.